The molecule has 0 aromatic carbocycles. The molecule has 2 N–H and O–H groups in total. The summed E-state index contributed by atoms with van der Waals surface area (Å²) in [5.41, 5.74) is -0.670. The van der Waals surface area contributed by atoms with Gasteiger partial charge in [0.05, 0.1) is 0 Å². The van der Waals surface area contributed by atoms with Gasteiger partial charge in [0.2, 0.25) is 5.06 Å². The van der Waals surface area contributed by atoms with Crippen LogP contribution in [0.4, 0.5) is 0 Å². The normalized spacial score (nSPS) is 15.9. The fourth-order valence-electron chi connectivity index (χ4n) is 0.929. The van der Waals surface area contributed by atoms with Gasteiger partial charge in [-0.15, -0.1) is 0 Å². The molecular weight excluding hydrogens is 220 g/mol. The van der Waals surface area contributed by atoms with Gasteiger partial charge in [0.1, 0.15) is 5.60 Å². The predicted molar refractivity (Wildman–Crippen MR) is 57.6 cm³/mol. The van der Waals surface area contributed by atoms with E-state index in [4.69, 9.17) is 21.4 Å². The number of alkyl halides is 1. The molecule has 1 unspecified atom stereocenters. The van der Waals surface area contributed by atoms with Crippen molar-refractivity contribution in [3.63, 3.8) is 0 Å². The fourth-order valence-corrected chi connectivity index (χ4v) is 1.10. The van der Waals surface area contributed by atoms with Crippen LogP contribution in [0.2, 0.25) is 0 Å². The molecule has 5 heteroatoms. The Morgan fingerprint density at radius 1 is 1.33 bits per heavy atom. The summed E-state index contributed by atoms with van der Waals surface area (Å²) in [5, 5.41) is 16.1. The molecule has 0 saturated carbocycles. The molecule has 0 bridgehead atoms. The molecule has 0 amide bonds. The smallest absolute Gasteiger partial charge is 0.354 e. The average Bonchev–Trinajstić information content (AvgIpc) is 2.01. The van der Waals surface area contributed by atoms with Crippen molar-refractivity contribution in [2.24, 2.45) is 0 Å². The van der Waals surface area contributed by atoms with E-state index in [0.29, 0.717) is 12.8 Å². The SMILES string of the molecule is CC(C)(C)OC(=O)C(O)(Cl)CCCCO. The summed E-state index contributed by atoms with van der Waals surface area (Å²) in [6, 6.07) is 0. The van der Waals surface area contributed by atoms with Crippen LogP contribution in [0.1, 0.15) is 40.0 Å². The molecule has 0 aliphatic rings. The van der Waals surface area contributed by atoms with E-state index in [0.717, 1.165) is 0 Å². The molecule has 0 spiro atoms. The van der Waals surface area contributed by atoms with Gasteiger partial charge in [-0.3, -0.25) is 0 Å². The lowest BCUT2D eigenvalue weighted by Gasteiger charge is -2.25. The van der Waals surface area contributed by atoms with Crippen LogP contribution in [-0.4, -0.2) is 33.5 Å². The number of ether oxygens (including phenoxy) is 1. The van der Waals surface area contributed by atoms with Gasteiger partial charge in [0.25, 0.3) is 0 Å². The predicted octanol–water partition coefficient (Wildman–Crippen LogP) is 1.42. The highest BCUT2D eigenvalue weighted by molar-refractivity contribution is 6.32. The molecule has 1 atom stereocenters. The van der Waals surface area contributed by atoms with Gasteiger partial charge in [-0.05, 0) is 33.6 Å². The highest BCUT2D eigenvalue weighted by Crippen LogP contribution is 2.23. The quantitative estimate of drug-likeness (QED) is 0.432. The number of halogens is 1. The van der Waals surface area contributed by atoms with Crippen molar-refractivity contribution in [2.45, 2.75) is 50.7 Å². The Morgan fingerprint density at radius 3 is 2.27 bits per heavy atom. The van der Waals surface area contributed by atoms with Crippen molar-refractivity contribution in [3.05, 3.63) is 0 Å². The molecule has 0 heterocycles. The van der Waals surface area contributed by atoms with Crippen molar-refractivity contribution in [2.75, 3.05) is 6.61 Å². The minimum absolute atomic E-state index is 0.0152. The number of hydrogen-bond donors (Lipinski definition) is 2. The van der Waals surface area contributed by atoms with Crippen LogP contribution in [0.25, 0.3) is 0 Å². The fraction of sp³-hybridized carbons (Fsp3) is 0.900. The number of aliphatic hydroxyl groups is 2. The summed E-state index contributed by atoms with van der Waals surface area (Å²) in [6.07, 6.45) is 1.04. The molecule has 0 radical (unpaired) electrons. The summed E-state index contributed by atoms with van der Waals surface area (Å²) in [7, 11) is 0. The van der Waals surface area contributed by atoms with Gasteiger partial charge in [-0.1, -0.05) is 11.6 Å². The molecule has 90 valence electrons. The maximum Gasteiger partial charge on any atom is 0.354 e. The third-order valence-electron chi connectivity index (χ3n) is 1.63. The van der Waals surface area contributed by atoms with Crippen molar-refractivity contribution < 1.29 is 19.7 Å². The number of hydrogen-bond acceptors (Lipinski definition) is 4. The van der Waals surface area contributed by atoms with E-state index in [1.807, 2.05) is 0 Å². The molecular formula is C10H19ClO4. The average molecular weight is 239 g/mol. The topological polar surface area (TPSA) is 66.8 Å². The molecule has 0 fully saturated rings. The summed E-state index contributed by atoms with van der Waals surface area (Å²) in [6.45, 7) is 5.12. The standard InChI is InChI=1S/C10H19ClO4/c1-9(2,3)15-8(13)10(11,14)6-4-5-7-12/h12,14H,4-7H2,1-3H3. The summed E-state index contributed by atoms with van der Waals surface area (Å²) in [5.74, 6) is -0.838. The molecule has 0 saturated heterocycles. The summed E-state index contributed by atoms with van der Waals surface area (Å²) in [4.78, 5) is 11.4. The zero-order valence-electron chi connectivity index (χ0n) is 9.42. The highest BCUT2D eigenvalue weighted by atomic mass is 35.5. The monoisotopic (exact) mass is 238 g/mol. The Labute approximate surface area is 95.2 Å². The first-order valence-corrected chi connectivity index (χ1v) is 5.32. The van der Waals surface area contributed by atoms with Crippen molar-refractivity contribution in [1.82, 2.24) is 0 Å². The van der Waals surface area contributed by atoms with Gasteiger partial charge in [-0.25, -0.2) is 4.79 Å². The Balaban J connectivity index is 4.14. The van der Waals surface area contributed by atoms with Crippen LogP contribution >= 0.6 is 11.6 Å². The Bertz CT molecular complexity index is 208. The van der Waals surface area contributed by atoms with Gasteiger partial charge >= 0.3 is 5.97 Å². The molecule has 15 heavy (non-hydrogen) atoms. The molecule has 0 aromatic rings. The van der Waals surface area contributed by atoms with Crippen LogP contribution in [0.3, 0.4) is 0 Å². The molecule has 0 rings (SSSR count). The molecule has 4 nitrogen and oxygen atoms in total. The maximum absolute atomic E-state index is 11.4. The van der Waals surface area contributed by atoms with Crippen LogP contribution < -0.4 is 0 Å². The van der Waals surface area contributed by atoms with Gasteiger partial charge in [0.15, 0.2) is 0 Å². The molecule has 0 aromatic heterocycles. The van der Waals surface area contributed by atoms with E-state index in [-0.39, 0.29) is 13.0 Å². The first kappa shape index (κ1) is 14.7. The van der Waals surface area contributed by atoms with E-state index in [1.54, 1.807) is 20.8 Å². The highest BCUT2D eigenvalue weighted by Gasteiger charge is 2.36. The first-order chi connectivity index (χ1) is 6.69. The minimum atomic E-state index is -1.98. The largest absolute Gasteiger partial charge is 0.457 e. The number of carbonyl (C=O) groups excluding carboxylic acids is 1. The third-order valence-corrected chi connectivity index (χ3v) is 1.97. The zero-order chi connectivity index (χ0) is 12.1. The van der Waals surface area contributed by atoms with Crippen molar-refractivity contribution >= 4 is 17.6 Å². The maximum atomic E-state index is 11.4. The Hall–Kier alpha value is -0.320. The van der Waals surface area contributed by atoms with E-state index in [9.17, 15) is 9.90 Å². The lowest BCUT2D eigenvalue weighted by molar-refractivity contribution is -0.169. The molecule has 0 aliphatic heterocycles. The number of esters is 1. The third kappa shape index (κ3) is 6.71. The Morgan fingerprint density at radius 2 is 1.87 bits per heavy atom. The second-order valence-electron chi connectivity index (χ2n) is 4.44. The number of unbranched alkanes of at least 4 members (excludes halogenated alkanes) is 1. The minimum Gasteiger partial charge on any atom is -0.457 e. The number of carbonyl (C=O) groups is 1. The lowest BCUT2D eigenvalue weighted by Crippen LogP contribution is -2.39. The number of rotatable bonds is 5. The van der Waals surface area contributed by atoms with Gasteiger partial charge in [0, 0.05) is 13.0 Å². The number of aliphatic hydroxyl groups excluding tert-OH is 1. The zero-order valence-corrected chi connectivity index (χ0v) is 10.2. The van der Waals surface area contributed by atoms with E-state index in [2.05, 4.69) is 0 Å². The van der Waals surface area contributed by atoms with Crippen LogP contribution in [0.5, 0.6) is 0 Å². The van der Waals surface area contributed by atoms with E-state index >= 15 is 0 Å². The van der Waals surface area contributed by atoms with E-state index < -0.39 is 16.6 Å². The van der Waals surface area contributed by atoms with E-state index in [1.165, 1.54) is 0 Å². The lowest BCUT2D eigenvalue weighted by atomic mass is 10.1. The van der Waals surface area contributed by atoms with Gasteiger partial charge < -0.3 is 14.9 Å². The Kier molecular flexibility index (Phi) is 5.56. The second kappa shape index (κ2) is 5.68. The van der Waals surface area contributed by atoms with Gasteiger partial charge in [-0.2, -0.15) is 0 Å². The second-order valence-corrected chi connectivity index (χ2v) is 5.07. The van der Waals surface area contributed by atoms with Crippen LogP contribution in [0.15, 0.2) is 0 Å². The van der Waals surface area contributed by atoms with Crippen LogP contribution in [-0.2, 0) is 9.53 Å². The van der Waals surface area contributed by atoms with Crippen LogP contribution in [0, 0.1) is 0 Å². The van der Waals surface area contributed by atoms with Crippen molar-refractivity contribution in [1.29, 1.82) is 0 Å². The molecule has 0 aliphatic carbocycles. The summed E-state index contributed by atoms with van der Waals surface area (Å²) >= 11 is 5.63. The van der Waals surface area contributed by atoms with Crippen molar-refractivity contribution in [3.8, 4) is 0 Å². The first-order valence-electron chi connectivity index (χ1n) is 4.94. The summed E-state index contributed by atoms with van der Waals surface area (Å²) < 4.78 is 4.95.